The van der Waals surface area contributed by atoms with E-state index in [-0.39, 0.29) is 0 Å². The van der Waals surface area contributed by atoms with Crippen LogP contribution in [0, 0.1) is 6.92 Å². The van der Waals surface area contributed by atoms with Crippen LogP contribution >= 0.6 is 0 Å². The number of benzene rings is 1. The highest BCUT2D eigenvalue weighted by Gasteiger charge is 2.08. The minimum atomic E-state index is 1.03. The first-order chi connectivity index (χ1) is 8.84. The lowest BCUT2D eigenvalue weighted by atomic mass is 10.1. The van der Waals surface area contributed by atoms with E-state index in [0.29, 0.717) is 0 Å². The molecule has 0 aliphatic heterocycles. The van der Waals surface area contributed by atoms with Crippen molar-refractivity contribution in [3.8, 4) is 0 Å². The van der Waals surface area contributed by atoms with Crippen molar-refractivity contribution in [3.05, 3.63) is 60.3 Å². The highest BCUT2D eigenvalue weighted by Crippen LogP contribution is 2.26. The van der Waals surface area contributed by atoms with Crippen LogP contribution in [0.3, 0.4) is 0 Å². The summed E-state index contributed by atoms with van der Waals surface area (Å²) in [4.78, 5) is 4.52. The zero-order valence-electron chi connectivity index (χ0n) is 10.1. The van der Waals surface area contributed by atoms with Gasteiger partial charge in [-0.1, -0.05) is 18.2 Å². The molecule has 0 amide bonds. The summed E-state index contributed by atoms with van der Waals surface area (Å²) in [5, 5.41) is 2.45. The monoisotopic (exact) mass is 232 g/mol. The zero-order valence-corrected chi connectivity index (χ0v) is 10.1. The van der Waals surface area contributed by atoms with Crippen molar-refractivity contribution in [3.63, 3.8) is 0 Å². The molecule has 0 fully saturated rings. The average Bonchev–Trinajstić information content (AvgIpc) is 2.79. The summed E-state index contributed by atoms with van der Waals surface area (Å²) >= 11 is 0. The van der Waals surface area contributed by atoms with Gasteiger partial charge in [-0.2, -0.15) is 0 Å². The van der Waals surface area contributed by atoms with E-state index in [2.05, 4.69) is 58.8 Å². The molecule has 3 heterocycles. The number of aromatic nitrogens is 2. The quantitative estimate of drug-likeness (QED) is 0.448. The Bertz CT molecular complexity index is 887. The zero-order chi connectivity index (χ0) is 12.1. The molecule has 0 atom stereocenters. The van der Waals surface area contributed by atoms with E-state index in [1.165, 1.54) is 27.4 Å². The summed E-state index contributed by atoms with van der Waals surface area (Å²) < 4.78 is 2.25. The maximum atomic E-state index is 4.52. The smallest absolute Gasteiger partial charge is 0.144 e. The van der Waals surface area contributed by atoms with E-state index in [4.69, 9.17) is 0 Å². The van der Waals surface area contributed by atoms with E-state index in [0.717, 1.165) is 5.65 Å². The van der Waals surface area contributed by atoms with E-state index in [1.54, 1.807) is 0 Å². The third-order valence-corrected chi connectivity index (χ3v) is 3.52. The molecule has 4 aromatic rings. The van der Waals surface area contributed by atoms with Crippen molar-refractivity contribution in [2.45, 2.75) is 6.92 Å². The Morgan fingerprint density at radius 3 is 2.67 bits per heavy atom. The van der Waals surface area contributed by atoms with Gasteiger partial charge in [0.2, 0.25) is 0 Å². The molecule has 4 rings (SSSR count). The van der Waals surface area contributed by atoms with Gasteiger partial charge in [-0.3, -0.25) is 4.40 Å². The maximum Gasteiger partial charge on any atom is 0.144 e. The van der Waals surface area contributed by atoms with Gasteiger partial charge in [-0.15, -0.1) is 0 Å². The second kappa shape index (κ2) is 3.33. The molecular weight excluding hydrogens is 220 g/mol. The van der Waals surface area contributed by atoms with Crippen LogP contribution in [0.5, 0.6) is 0 Å². The van der Waals surface area contributed by atoms with Crippen LogP contribution in [0.4, 0.5) is 0 Å². The average molecular weight is 232 g/mol. The molecule has 0 aliphatic rings. The van der Waals surface area contributed by atoms with E-state index < -0.39 is 0 Å². The van der Waals surface area contributed by atoms with Gasteiger partial charge in [0.1, 0.15) is 5.65 Å². The molecule has 0 unspecified atom stereocenters. The minimum absolute atomic E-state index is 1.03. The van der Waals surface area contributed by atoms with Gasteiger partial charge in [0.05, 0.1) is 11.0 Å². The molecule has 18 heavy (non-hydrogen) atoms. The summed E-state index contributed by atoms with van der Waals surface area (Å²) in [5.41, 5.74) is 4.77. The lowest BCUT2D eigenvalue weighted by molar-refractivity contribution is 1.23. The fourth-order valence-electron chi connectivity index (χ4n) is 2.69. The third kappa shape index (κ3) is 1.15. The van der Waals surface area contributed by atoms with Crippen LogP contribution in [0.15, 0.2) is 54.7 Å². The molecule has 0 N–H and O–H groups in total. The van der Waals surface area contributed by atoms with Crippen LogP contribution < -0.4 is 0 Å². The highest BCUT2D eigenvalue weighted by molar-refractivity contribution is 5.94. The Kier molecular flexibility index (Phi) is 1.78. The molecule has 86 valence electrons. The number of hydrogen-bond donors (Lipinski definition) is 0. The molecular formula is C16H12N2. The predicted molar refractivity (Wildman–Crippen MR) is 74.9 cm³/mol. The Morgan fingerprint density at radius 1 is 0.889 bits per heavy atom. The summed E-state index contributed by atoms with van der Waals surface area (Å²) in [6, 6.07) is 17.0. The van der Waals surface area contributed by atoms with Crippen LogP contribution in [-0.4, -0.2) is 9.38 Å². The number of hydrogen-bond acceptors (Lipinski definition) is 1. The number of aryl methyl sites for hydroxylation is 1. The maximum absolute atomic E-state index is 4.52. The van der Waals surface area contributed by atoms with Crippen molar-refractivity contribution in [1.29, 1.82) is 0 Å². The summed E-state index contributed by atoms with van der Waals surface area (Å²) in [6.45, 7) is 2.15. The summed E-state index contributed by atoms with van der Waals surface area (Å²) in [7, 11) is 0. The third-order valence-electron chi connectivity index (χ3n) is 3.52. The molecule has 2 nitrogen and oxygen atoms in total. The van der Waals surface area contributed by atoms with Gasteiger partial charge in [0.25, 0.3) is 0 Å². The molecule has 0 bridgehead atoms. The Labute approximate surface area is 104 Å². The number of fused-ring (bicyclic) bond motifs is 5. The second-order valence-electron chi connectivity index (χ2n) is 4.67. The van der Waals surface area contributed by atoms with Gasteiger partial charge in [-0.25, -0.2) is 4.98 Å². The number of nitrogens with zero attached hydrogens (tertiary/aromatic N) is 2. The lowest BCUT2D eigenvalue weighted by Crippen LogP contribution is -1.91. The normalized spacial score (nSPS) is 11.6. The van der Waals surface area contributed by atoms with Crippen molar-refractivity contribution in [2.24, 2.45) is 0 Å². The van der Waals surface area contributed by atoms with E-state index >= 15 is 0 Å². The number of para-hydroxylation sites is 1. The Balaban J connectivity index is 2.41. The van der Waals surface area contributed by atoms with Crippen molar-refractivity contribution >= 4 is 27.5 Å². The molecule has 3 aromatic heterocycles. The van der Waals surface area contributed by atoms with Gasteiger partial charge >= 0.3 is 0 Å². The summed E-state index contributed by atoms with van der Waals surface area (Å²) in [6.07, 6.45) is 1.85. The standard InChI is InChI=1S/C16H12N2/c1-11-9-12-5-2-3-7-14(12)18-15(11)10-13-6-4-8-17-16(13)18/h2-10H,1H3. The molecule has 0 aliphatic carbocycles. The van der Waals surface area contributed by atoms with E-state index in [1.807, 2.05) is 12.3 Å². The molecule has 0 saturated carbocycles. The van der Waals surface area contributed by atoms with Crippen LogP contribution in [0.1, 0.15) is 5.56 Å². The first-order valence-electron chi connectivity index (χ1n) is 6.09. The van der Waals surface area contributed by atoms with Crippen LogP contribution in [0.25, 0.3) is 27.5 Å². The Morgan fingerprint density at radius 2 is 1.72 bits per heavy atom. The van der Waals surface area contributed by atoms with Crippen molar-refractivity contribution < 1.29 is 0 Å². The van der Waals surface area contributed by atoms with Crippen molar-refractivity contribution in [2.75, 3.05) is 0 Å². The topological polar surface area (TPSA) is 17.3 Å². The second-order valence-corrected chi connectivity index (χ2v) is 4.67. The first-order valence-corrected chi connectivity index (χ1v) is 6.09. The predicted octanol–water partition coefficient (Wildman–Crippen LogP) is 3.95. The van der Waals surface area contributed by atoms with Crippen LogP contribution in [-0.2, 0) is 0 Å². The van der Waals surface area contributed by atoms with Crippen molar-refractivity contribution in [1.82, 2.24) is 9.38 Å². The molecule has 0 saturated heterocycles. The van der Waals surface area contributed by atoms with E-state index in [9.17, 15) is 0 Å². The molecule has 0 spiro atoms. The number of pyridine rings is 2. The Hall–Kier alpha value is -2.35. The van der Waals surface area contributed by atoms with Gasteiger partial charge in [0.15, 0.2) is 0 Å². The first kappa shape index (κ1) is 9.66. The SMILES string of the molecule is Cc1cc2ccccc2n2c1cc1cccnc12. The fourth-order valence-corrected chi connectivity index (χ4v) is 2.69. The van der Waals surface area contributed by atoms with Gasteiger partial charge in [0, 0.05) is 11.6 Å². The van der Waals surface area contributed by atoms with Gasteiger partial charge in [-0.05, 0) is 48.2 Å². The molecule has 2 heteroatoms. The minimum Gasteiger partial charge on any atom is -0.294 e. The number of rotatable bonds is 0. The van der Waals surface area contributed by atoms with Gasteiger partial charge < -0.3 is 0 Å². The highest BCUT2D eigenvalue weighted by atomic mass is 15.0. The summed E-state index contributed by atoms with van der Waals surface area (Å²) in [5.74, 6) is 0. The lowest BCUT2D eigenvalue weighted by Gasteiger charge is -2.06. The largest absolute Gasteiger partial charge is 0.294 e. The van der Waals surface area contributed by atoms with Crippen LogP contribution in [0.2, 0.25) is 0 Å². The fraction of sp³-hybridized carbons (Fsp3) is 0.0625. The molecule has 1 aromatic carbocycles. The molecule has 0 radical (unpaired) electrons.